The molecule has 3 aromatic rings. The van der Waals surface area contributed by atoms with Crippen LogP contribution < -0.4 is 0 Å². The molecule has 1 aromatic heterocycles. The highest BCUT2D eigenvalue weighted by Gasteiger charge is 2.22. The molecule has 1 heterocycles. The van der Waals surface area contributed by atoms with Gasteiger partial charge in [-0.25, -0.2) is 9.18 Å². The van der Waals surface area contributed by atoms with Crippen molar-refractivity contribution in [2.45, 2.75) is 20.0 Å². The van der Waals surface area contributed by atoms with Gasteiger partial charge in [0, 0.05) is 20.7 Å². The maximum absolute atomic E-state index is 14.3. The predicted octanol–water partition coefficient (Wildman–Crippen LogP) is 5.16. The average Bonchev–Trinajstić information content (AvgIpc) is 3.02. The number of carbonyl (C=O) groups is 2. The van der Waals surface area contributed by atoms with Crippen LogP contribution in [-0.2, 0) is 27.3 Å². The summed E-state index contributed by atoms with van der Waals surface area (Å²) in [5.41, 5.74) is 1.08. The summed E-state index contributed by atoms with van der Waals surface area (Å²) in [6.45, 7) is 1.68. The highest BCUT2D eigenvalue weighted by molar-refractivity contribution is 7.21. The average molecular weight is 407 g/mol. The number of hydrogen-bond donors (Lipinski definition) is 0. The predicted molar refractivity (Wildman–Crippen MR) is 103 cm³/mol. The fourth-order valence-electron chi connectivity index (χ4n) is 2.64. The number of hydrogen-bond acceptors (Lipinski definition) is 5. The molecule has 3 rings (SSSR count). The van der Waals surface area contributed by atoms with Gasteiger partial charge in [-0.3, -0.25) is 4.79 Å². The molecule has 0 bridgehead atoms. The first kappa shape index (κ1) is 19.3. The Morgan fingerprint density at radius 1 is 1.11 bits per heavy atom. The lowest BCUT2D eigenvalue weighted by atomic mass is 10.1. The van der Waals surface area contributed by atoms with Crippen LogP contribution in [0.4, 0.5) is 4.39 Å². The zero-order valence-corrected chi connectivity index (χ0v) is 16.0. The maximum atomic E-state index is 14.3. The summed E-state index contributed by atoms with van der Waals surface area (Å²) >= 11 is 6.95. The molecule has 2 aromatic carbocycles. The van der Waals surface area contributed by atoms with E-state index < -0.39 is 17.8 Å². The van der Waals surface area contributed by atoms with Gasteiger partial charge in [-0.1, -0.05) is 29.8 Å². The minimum absolute atomic E-state index is 0.0520. The molecule has 0 radical (unpaired) electrons. The van der Waals surface area contributed by atoms with E-state index in [-0.39, 0.29) is 29.9 Å². The highest BCUT2D eigenvalue weighted by atomic mass is 35.5. The minimum atomic E-state index is -0.554. The van der Waals surface area contributed by atoms with Crippen molar-refractivity contribution in [2.24, 2.45) is 0 Å². The monoisotopic (exact) mass is 406 g/mol. The molecule has 0 unspecified atom stereocenters. The molecular formula is C20H16ClFO4S. The van der Waals surface area contributed by atoms with Crippen molar-refractivity contribution in [3.8, 4) is 0 Å². The number of ether oxygens (including phenoxy) is 2. The van der Waals surface area contributed by atoms with Gasteiger partial charge in [0.2, 0.25) is 0 Å². The molecule has 0 aliphatic carbocycles. The summed E-state index contributed by atoms with van der Waals surface area (Å²) in [7, 11) is 0. The molecule has 0 spiro atoms. The number of thiophene rings is 1. The fourth-order valence-corrected chi connectivity index (χ4v) is 3.88. The number of halogens is 2. The zero-order chi connectivity index (χ0) is 19.4. The van der Waals surface area contributed by atoms with Gasteiger partial charge in [0.05, 0.1) is 13.0 Å². The van der Waals surface area contributed by atoms with E-state index in [1.807, 2.05) is 0 Å². The van der Waals surface area contributed by atoms with E-state index in [0.717, 1.165) is 16.9 Å². The lowest BCUT2D eigenvalue weighted by Gasteiger charge is -2.07. The fraction of sp³-hybridized carbons (Fsp3) is 0.200. The summed E-state index contributed by atoms with van der Waals surface area (Å²) < 4.78 is 25.3. The van der Waals surface area contributed by atoms with Gasteiger partial charge in [-0.2, -0.15) is 0 Å². The van der Waals surface area contributed by atoms with Gasteiger partial charge in [-0.05, 0) is 36.8 Å². The molecule has 0 aliphatic heterocycles. The lowest BCUT2D eigenvalue weighted by Crippen LogP contribution is -2.11. The summed E-state index contributed by atoms with van der Waals surface area (Å²) in [5.74, 6) is -1.51. The van der Waals surface area contributed by atoms with Crippen LogP contribution in [0.15, 0.2) is 42.5 Å². The molecule has 0 saturated heterocycles. The van der Waals surface area contributed by atoms with Gasteiger partial charge in [0.25, 0.3) is 0 Å². The van der Waals surface area contributed by atoms with Crippen molar-refractivity contribution in [3.63, 3.8) is 0 Å². The summed E-state index contributed by atoms with van der Waals surface area (Å²) in [6.07, 6.45) is 0.0520. The molecule has 0 aliphatic rings. The number of benzene rings is 2. The van der Waals surface area contributed by atoms with Crippen LogP contribution in [-0.4, -0.2) is 18.5 Å². The second kappa shape index (κ2) is 8.50. The van der Waals surface area contributed by atoms with E-state index in [4.69, 9.17) is 21.1 Å². The van der Waals surface area contributed by atoms with Crippen LogP contribution in [0.3, 0.4) is 0 Å². The standard InChI is InChI=1S/C20H16ClFO4S/c1-2-25-20(24)19-14(18-15(22)4-3-5-16(18)27-19)11-26-17(23)10-12-6-8-13(21)9-7-12/h3-9H,2,10-11H2,1H3. The topological polar surface area (TPSA) is 52.6 Å². The van der Waals surface area contributed by atoms with Gasteiger partial charge >= 0.3 is 11.9 Å². The molecule has 0 amide bonds. The van der Waals surface area contributed by atoms with E-state index in [2.05, 4.69) is 0 Å². The van der Waals surface area contributed by atoms with Crippen LogP contribution in [0.2, 0.25) is 5.02 Å². The quantitative estimate of drug-likeness (QED) is 0.531. The Bertz CT molecular complexity index is 982. The Morgan fingerprint density at radius 2 is 1.85 bits per heavy atom. The molecule has 0 N–H and O–H groups in total. The Labute approximate surface area is 164 Å². The molecule has 4 nitrogen and oxygen atoms in total. The second-order valence-corrected chi connectivity index (χ2v) is 7.20. The van der Waals surface area contributed by atoms with E-state index in [9.17, 15) is 14.0 Å². The molecule has 0 fully saturated rings. The zero-order valence-electron chi connectivity index (χ0n) is 14.5. The van der Waals surface area contributed by atoms with Crippen molar-refractivity contribution in [1.29, 1.82) is 0 Å². The van der Waals surface area contributed by atoms with E-state index >= 15 is 0 Å². The number of fused-ring (bicyclic) bond motifs is 1. The maximum Gasteiger partial charge on any atom is 0.348 e. The smallest absolute Gasteiger partial charge is 0.348 e. The van der Waals surface area contributed by atoms with Crippen molar-refractivity contribution >= 4 is 45.0 Å². The largest absolute Gasteiger partial charge is 0.462 e. The third kappa shape index (κ3) is 4.46. The van der Waals surface area contributed by atoms with Crippen molar-refractivity contribution < 1.29 is 23.5 Å². The summed E-state index contributed by atoms with van der Waals surface area (Å²) in [6, 6.07) is 11.4. The highest BCUT2D eigenvalue weighted by Crippen LogP contribution is 2.34. The number of esters is 2. The molecule has 0 saturated carbocycles. The third-order valence-corrected chi connectivity index (χ3v) is 5.29. The van der Waals surface area contributed by atoms with Gasteiger partial charge in [-0.15, -0.1) is 11.3 Å². The number of carbonyl (C=O) groups excluding carboxylic acids is 2. The molecule has 27 heavy (non-hydrogen) atoms. The summed E-state index contributed by atoms with van der Waals surface area (Å²) in [5, 5.41) is 0.858. The van der Waals surface area contributed by atoms with Gasteiger partial charge in [0.1, 0.15) is 17.3 Å². The Balaban J connectivity index is 1.82. The van der Waals surface area contributed by atoms with Crippen LogP contribution in [0.5, 0.6) is 0 Å². The van der Waals surface area contributed by atoms with Crippen LogP contribution in [0, 0.1) is 5.82 Å². The van der Waals surface area contributed by atoms with Crippen molar-refractivity contribution in [1.82, 2.24) is 0 Å². The van der Waals surface area contributed by atoms with Crippen molar-refractivity contribution in [2.75, 3.05) is 6.61 Å². The molecule has 0 atom stereocenters. The summed E-state index contributed by atoms with van der Waals surface area (Å²) in [4.78, 5) is 24.6. The normalized spacial score (nSPS) is 10.8. The second-order valence-electron chi connectivity index (χ2n) is 5.71. The van der Waals surface area contributed by atoms with E-state index in [0.29, 0.717) is 15.3 Å². The Kier molecular flexibility index (Phi) is 6.08. The van der Waals surface area contributed by atoms with Crippen LogP contribution >= 0.6 is 22.9 Å². The minimum Gasteiger partial charge on any atom is -0.462 e. The SMILES string of the molecule is CCOC(=O)c1sc2cccc(F)c2c1COC(=O)Cc1ccc(Cl)cc1. The van der Waals surface area contributed by atoms with E-state index in [1.165, 1.54) is 6.07 Å². The first-order valence-electron chi connectivity index (χ1n) is 8.26. The molecular weight excluding hydrogens is 391 g/mol. The van der Waals surface area contributed by atoms with Crippen molar-refractivity contribution in [3.05, 3.63) is 69.3 Å². The lowest BCUT2D eigenvalue weighted by molar-refractivity contribution is -0.144. The Hall–Kier alpha value is -2.44. The van der Waals surface area contributed by atoms with Gasteiger partial charge in [0.15, 0.2) is 0 Å². The van der Waals surface area contributed by atoms with Crippen LogP contribution in [0.1, 0.15) is 27.7 Å². The van der Waals surface area contributed by atoms with Gasteiger partial charge < -0.3 is 9.47 Å². The molecule has 7 heteroatoms. The van der Waals surface area contributed by atoms with Crippen LogP contribution in [0.25, 0.3) is 10.1 Å². The molecule has 140 valence electrons. The first-order valence-corrected chi connectivity index (χ1v) is 9.46. The third-order valence-electron chi connectivity index (χ3n) is 3.86. The van der Waals surface area contributed by atoms with E-state index in [1.54, 1.807) is 43.3 Å². The Morgan fingerprint density at radius 3 is 2.56 bits per heavy atom. The number of rotatable bonds is 6. The first-order chi connectivity index (χ1) is 13.0.